The highest BCUT2D eigenvalue weighted by Gasteiger charge is 2.46. The van der Waals surface area contributed by atoms with Gasteiger partial charge in [0.2, 0.25) is 0 Å². The molecule has 1 unspecified atom stereocenters. The first-order valence-corrected chi connectivity index (χ1v) is 10.7. The number of nitrogens with zero attached hydrogens (tertiary/aromatic N) is 2. The van der Waals surface area contributed by atoms with Gasteiger partial charge >= 0.3 is 0 Å². The third-order valence-electron chi connectivity index (χ3n) is 5.97. The van der Waals surface area contributed by atoms with E-state index in [0.29, 0.717) is 30.0 Å². The molecule has 6 nitrogen and oxygen atoms in total. The van der Waals surface area contributed by atoms with Crippen LogP contribution in [0.5, 0.6) is 5.75 Å². The molecule has 1 amide bonds. The van der Waals surface area contributed by atoms with E-state index in [1.807, 2.05) is 13.8 Å². The van der Waals surface area contributed by atoms with Gasteiger partial charge in [0.1, 0.15) is 17.3 Å². The normalized spacial score (nSPS) is 17.9. The Hall–Kier alpha value is -3.19. The summed E-state index contributed by atoms with van der Waals surface area (Å²) in [6.07, 6.45) is 0. The summed E-state index contributed by atoms with van der Waals surface area (Å²) in [6.45, 7) is 8.22. The van der Waals surface area contributed by atoms with Crippen molar-refractivity contribution in [2.75, 3.05) is 33.3 Å². The number of carbonyl (C=O) groups is 2. The molecule has 2 aromatic rings. The Balaban J connectivity index is 2.11. The minimum atomic E-state index is -0.777. The molecular weight excluding hydrogens is 411 g/mol. The summed E-state index contributed by atoms with van der Waals surface area (Å²) in [6, 6.07) is 10.5. The van der Waals surface area contributed by atoms with Gasteiger partial charge in [-0.2, -0.15) is 0 Å². The fourth-order valence-corrected chi connectivity index (χ4v) is 3.93. The van der Waals surface area contributed by atoms with E-state index in [1.54, 1.807) is 44.4 Å². The second-order valence-electron chi connectivity index (χ2n) is 7.76. The number of amides is 1. The number of carbonyl (C=O) groups excluding carboxylic acids is 2. The molecule has 170 valence electrons. The molecule has 32 heavy (non-hydrogen) atoms. The molecule has 1 aliphatic rings. The molecule has 0 radical (unpaired) electrons. The molecule has 1 atom stereocenters. The van der Waals surface area contributed by atoms with Crippen LogP contribution in [0.15, 0.2) is 48.0 Å². The molecule has 7 heteroatoms. The van der Waals surface area contributed by atoms with E-state index >= 15 is 0 Å². The predicted octanol–water partition coefficient (Wildman–Crippen LogP) is 3.91. The monoisotopic (exact) mass is 440 g/mol. The smallest absolute Gasteiger partial charge is 0.295 e. The van der Waals surface area contributed by atoms with Crippen molar-refractivity contribution >= 4 is 17.4 Å². The van der Waals surface area contributed by atoms with Crippen molar-refractivity contribution in [2.24, 2.45) is 0 Å². The van der Waals surface area contributed by atoms with Crippen molar-refractivity contribution in [1.29, 1.82) is 0 Å². The summed E-state index contributed by atoms with van der Waals surface area (Å²) >= 11 is 0. The van der Waals surface area contributed by atoms with Gasteiger partial charge in [-0.05, 0) is 49.3 Å². The number of benzene rings is 2. The van der Waals surface area contributed by atoms with Crippen molar-refractivity contribution < 1.29 is 23.8 Å². The summed E-state index contributed by atoms with van der Waals surface area (Å²) in [7, 11) is 1.55. The number of ketones is 1. The summed E-state index contributed by atoms with van der Waals surface area (Å²) in [4.78, 5) is 29.7. The molecule has 0 saturated carbocycles. The molecule has 1 fully saturated rings. The molecule has 0 bridgehead atoms. The van der Waals surface area contributed by atoms with Crippen molar-refractivity contribution in [1.82, 2.24) is 9.80 Å². The van der Waals surface area contributed by atoms with Gasteiger partial charge in [0.15, 0.2) is 0 Å². The maximum Gasteiger partial charge on any atom is 0.295 e. The summed E-state index contributed by atoms with van der Waals surface area (Å²) in [5.41, 5.74) is 1.21. The number of Topliss-reactive ketones (excluding diaryl/α,β-unsaturated/α-hetero) is 1. The lowest BCUT2D eigenvalue weighted by molar-refractivity contribution is -0.140. The van der Waals surface area contributed by atoms with Crippen LogP contribution in [0.25, 0.3) is 5.76 Å². The van der Waals surface area contributed by atoms with E-state index in [0.717, 1.165) is 13.1 Å². The number of aliphatic hydroxyl groups is 1. The Morgan fingerprint density at radius 3 is 2.34 bits per heavy atom. The van der Waals surface area contributed by atoms with Crippen LogP contribution in [0.1, 0.15) is 36.6 Å². The molecule has 1 aliphatic heterocycles. The first kappa shape index (κ1) is 23.5. The Morgan fingerprint density at radius 1 is 1.12 bits per heavy atom. The number of aryl methyl sites for hydroxylation is 1. The van der Waals surface area contributed by atoms with Gasteiger partial charge in [-0.3, -0.25) is 9.59 Å². The Labute approximate surface area is 187 Å². The Bertz CT molecular complexity index is 1030. The molecule has 0 spiro atoms. The van der Waals surface area contributed by atoms with Crippen molar-refractivity contribution in [3.8, 4) is 5.75 Å². The SMILES string of the molecule is CCN(CC)CCN1C(=O)C(=O)C(=C(O)c2ccc(C)c(F)c2)C1c1ccc(OC)cc1. The lowest BCUT2D eigenvalue weighted by Gasteiger charge is -2.28. The number of rotatable bonds is 8. The van der Waals surface area contributed by atoms with E-state index < -0.39 is 23.5 Å². The van der Waals surface area contributed by atoms with Crippen LogP contribution in [0.4, 0.5) is 4.39 Å². The molecule has 0 aliphatic carbocycles. The Morgan fingerprint density at radius 2 is 1.78 bits per heavy atom. The average molecular weight is 441 g/mol. The maximum atomic E-state index is 14.2. The quantitative estimate of drug-likeness (QED) is 0.383. The number of likely N-dealkylation sites (tertiary alicyclic amines) is 1. The maximum absolute atomic E-state index is 14.2. The van der Waals surface area contributed by atoms with Crippen LogP contribution in [0.2, 0.25) is 0 Å². The third-order valence-corrected chi connectivity index (χ3v) is 5.97. The minimum absolute atomic E-state index is 0.0389. The van der Waals surface area contributed by atoms with E-state index in [1.165, 1.54) is 17.0 Å². The molecule has 2 aromatic carbocycles. The summed E-state index contributed by atoms with van der Waals surface area (Å²) in [5, 5.41) is 11.0. The summed E-state index contributed by atoms with van der Waals surface area (Å²) in [5.74, 6) is -1.69. The zero-order valence-electron chi connectivity index (χ0n) is 18.9. The van der Waals surface area contributed by atoms with Crippen LogP contribution in [0.3, 0.4) is 0 Å². The molecular formula is C25H29FN2O4. The zero-order chi connectivity index (χ0) is 23.4. The number of hydrogen-bond donors (Lipinski definition) is 1. The van der Waals surface area contributed by atoms with E-state index in [2.05, 4.69) is 4.90 Å². The van der Waals surface area contributed by atoms with E-state index in [-0.39, 0.29) is 16.9 Å². The Kier molecular flexibility index (Phi) is 7.30. The van der Waals surface area contributed by atoms with Gasteiger partial charge in [-0.1, -0.05) is 38.1 Å². The largest absolute Gasteiger partial charge is 0.507 e. The van der Waals surface area contributed by atoms with Crippen molar-refractivity contribution in [3.63, 3.8) is 0 Å². The standard InChI is InChI=1S/C25H29FN2O4/c1-5-27(6-2)13-14-28-22(17-9-11-19(32-4)12-10-17)21(24(30)25(28)31)23(29)18-8-7-16(3)20(26)15-18/h7-12,15,22,29H,5-6,13-14H2,1-4H3. The highest BCUT2D eigenvalue weighted by atomic mass is 19.1. The lowest BCUT2D eigenvalue weighted by Crippen LogP contribution is -2.38. The van der Waals surface area contributed by atoms with Crippen LogP contribution >= 0.6 is 0 Å². The van der Waals surface area contributed by atoms with Crippen LogP contribution in [-0.2, 0) is 9.59 Å². The van der Waals surface area contributed by atoms with Crippen LogP contribution < -0.4 is 4.74 Å². The van der Waals surface area contributed by atoms with Gasteiger partial charge in [0, 0.05) is 18.7 Å². The zero-order valence-corrected chi connectivity index (χ0v) is 18.9. The predicted molar refractivity (Wildman–Crippen MR) is 121 cm³/mol. The number of methoxy groups -OCH3 is 1. The first-order chi connectivity index (χ1) is 15.3. The molecule has 3 rings (SSSR count). The summed E-state index contributed by atoms with van der Waals surface area (Å²) < 4.78 is 19.4. The number of likely N-dealkylation sites (N-methyl/N-ethyl adjacent to an activating group) is 1. The number of hydrogen-bond acceptors (Lipinski definition) is 5. The topological polar surface area (TPSA) is 70.1 Å². The first-order valence-electron chi connectivity index (χ1n) is 10.7. The van der Waals surface area contributed by atoms with Crippen LogP contribution in [0, 0.1) is 12.7 Å². The van der Waals surface area contributed by atoms with Crippen LogP contribution in [-0.4, -0.2) is 59.9 Å². The highest BCUT2D eigenvalue weighted by Crippen LogP contribution is 2.39. The number of halogens is 1. The molecule has 1 saturated heterocycles. The lowest BCUT2D eigenvalue weighted by atomic mass is 9.95. The van der Waals surface area contributed by atoms with Gasteiger partial charge in [0.05, 0.1) is 18.7 Å². The van der Waals surface area contributed by atoms with Crippen molar-refractivity contribution in [3.05, 3.63) is 70.5 Å². The number of ether oxygens (including phenoxy) is 1. The average Bonchev–Trinajstić information content (AvgIpc) is 3.06. The third kappa shape index (κ3) is 4.53. The number of aliphatic hydroxyl groups excluding tert-OH is 1. The highest BCUT2D eigenvalue weighted by molar-refractivity contribution is 6.46. The molecule has 0 aromatic heterocycles. The minimum Gasteiger partial charge on any atom is -0.507 e. The molecule has 1 heterocycles. The second-order valence-corrected chi connectivity index (χ2v) is 7.76. The second kappa shape index (κ2) is 9.96. The van der Waals surface area contributed by atoms with E-state index in [9.17, 15) is 19.1 Å². The van der Waals surface area contributed by atoms with Gasteiger partial charge in [-0.15, -0.1) is 0 Å². The van der Waals surface area contributed by atoms with Gasteiger partial charge < -0.3 is 19.6 Å². The molecule has 1 N–H and O–H groups in total. The van der Waals surface area contributed by atoms with Gasteiger partial charge in [0.25, 0.3) is 11.7 Å². The van der Waals surface area contributed by atoms with E-state index in [4.69, 9.17) is 4.74 Å². The fraction of sp³-hybridized carbons (Fsp3) is 0.360. The van der Waals surface area contributed by atoms with Crippen molar-refractivity contribution in [2.45, 2.75) is 26.8 Å². The van der Waals surface area contributed by atoms with Gasteiger partial charge in [-0.25, -0.2) is 4.39 Å². The fourth-order valence-electron chi connectivity index (χ4n) is 3.93.